The molecule has 0 heterocycles. The van der Waals surface area contributed by atoms with Gasteiger partial charge in [-0.2, -0.15) is 0 Å². The largest absolute Gasteiger partial charge is 0.371 e. The minimum absolute atomic E-state index is 0. The van der Waals surface area contributed by atoms with Crippen LogP contribution in [0, 0.1) is 0 Å². The molecule has 166 valence electrons. The van der Waals surface area contributed by atoms with Crippen LogP contribution in [0.25, 0.3) is 0 Å². The van der Waals surface area contributed by atoms with Crippen LogP contribution in [0.15, 0.2) is 29.3 Å². The van der Waals surface area contributed by atoms with Gasteiger partial charge in [0, 0.05) is 26.7 Å². The molecular weight excluding hydrogens is 479 g/mol. The lowest BCUT2D eigenvalue weighted by molar-refractivity contribution is -0.131. The Labute approximate surface area is 194 Å². The van der Waals surface area contributed by atoms with E-state index >= 15 is 0 Å². The summed E-state index contributed by atoms with van der Waals surface area (Å²) in [6, 6.07) is 8.29. The summed E-state index contributed by atoms with van der Waals surface area (Å²) < 4.78 is 5.86. The number of likely N-dealkylation sites (N-methyl/N-ethyl adjacent to an activating group) is 2. The fourth-order valence-corrected chi connectivity index (χ4v) is 2.71. The van der Waals surface area contributed by atoms with Crippen molar-refractivity contribution in [2.75, 3.05) is 33.2 Å². The van der Waals surface area contributed by atoms with Crippen LogP contribution in [0.5, 0.6) is 0 Å². The van der Waals surface area contributed by atoms with E-state index in [2.05, 4.69) is 44.3 Å². The highest BCUT2D eigenvalue weighted by Crippen LogP contribution is 2.13. The van der Waals surface area contributed by atoms with E-state index in [4.69, 9.17) is 9.73 Å². The second kappa shape index (κ2) is 13.8. The Morgan fingerprint density at radius 2 is 1.76 bits per heavy atom. The highest BCUT2D eigenvalue weighted by molar-refractivity contribution is 14.0. The van der Waals surface area contributed by atoms with Gasteiger partial charge in [0.1, 0.15) is 0 Å². The lowest BCUT2D eigenvalue weighted by Gasteiger charge is -2.25. The fourth-order valence-electron chi connectivity index (χ4n) is 2.71. The van der Waals surface area contributed by atoms with Crippen molar-refractivity contribution in [3.63, 3.8) is 0 Å². The Morgan fingerprint density at radius 1 is 1.14 bits per heavy atom. The number of benzene rings is 1. The summed E-state index contributed by atoms with van der Waals surface area (Å²) in [5.74, 6) is 0.846. The zero-order chi connectivity index (χ0) is 21.2. The van der Waals surface area contributed by atoms with E-state index in [-0.39, 0.29) is 35.5 Å². The molecule has 1 aromatic carbocycles. The third-order valence-corrected chi connectivity index (χ3v) is 4.26. The van der Waals surface area contributed by atoms with E-state index < -0.39 is 0 Å². The number of nitrogens with one attached hydrogen (secondary N) is 1. The summed E-state index contributed by atoms with van der Waals surface area (Å²) in [6.07, 6.45) is 0. The monoisotopic (exact) mass is 518 g/mol. The first-order valence-corrected chi connectivity index (χ1v) is 10.2. The van der Waals surface area contributed by atoms with Crippen LogP contribution in [0.2, 0.25) is 0 Å². The molecule has 0 atom stereocenters. The molecule has 0 saturated heterocycles. The maximum absolute atomic E-state index is 12.4. The van der Waals surface area contributed by atoms with E-state index in [9.17, 15) is 4.79 Å². The number of carbonyl (C=O) groups excluding carboxylic acids is 1. The number of nitrogens with zero attached hydrogens (tertiary/aromatic N) is 3. The molecule has 0 fully saturated rings. The van der Waals surface area contributed by atoms with Gasteiger partial charge in [0.2, 0.25) is 5.91 Å². The number of rotatable bonds is 9. The van der Waals surface area contributed by atoms with Crippen molar-refractivity contribution >= 4 is 35.8 Å². The van der Waals surface area contributed by atoms with Gasteiger partial charge in [-0.15, -0.1) is 24.0 Å². The van der Waals surface area contributed by atoms with Gasteiger partial charge in [0.25, 0.3) is 0 Å². The number of amides is 1. The number of guanidine groups is 1. The molecular formula is C22H39IN4O2. The standard InChI is InChI=1S/C22H38N4O2.HI/c1-8-23-21(25(7)16-20(27)26(9-2)10-3)24-15-18-12-11-13-19(14-18)17-28-22(4,5)6;/h11-14H,8-10,15-17H2,1-7H3,(H,23,24);1H. The summed E-state index contributed by atoms with van der Waals surface area (Å²) >= 11 is 0. The van der Waals surface area contributed by atoms with Gasteiger partial charge in [-0.1, -0.05) is 24.3 Å². The normalized spacial score (nSPS) is 11.6. The molecule has 1 rings (SSSR count). The van der Waals surface area contributed by atoms with Gasteiger partial charge in [0.05, 0.1) is 25.3 Å². The van der Waals surface area contributed by atoms with Crippen molar-refractivity contribution in [1.82, 2.24) is 15.1 Å². The molecule has 0 bridgehead atoms. The molecule has 0 saturated carbocycles. The van der Waals surface area contributed by atoms with E-state index in [1.165, 1.54) is 0 Å². The first-order chi connectivity index (χ1) is 13.2. The maximum atomic E-state index is 12.4. The third-order valence-electron chi connectivity index (χ3n) is 4.26. The van der Waals surface area contributed by atoms with E-state index in [0.29, 0.717) is 19.7 Å². The zero-order valence-electron chi connectivity index (χ0n) is 19.1. The number of halogens is 1. The SMILES string of the molecule is CCNC(=NCc1cccc(COC(C)(C)C)c1)N(C)CC(=O)N(CC)CC.I. The van der Waals surface area contributed by atoms with Crippen molar-refractivity contribution < 1.29 is 9.53 Å². The van der Waals surface area contributed by atoms with Crippen LogP contribution in [0.1, 0.15) is 52.7 Å². The quantitative estimate of drug-likeness (QED) is 0.306. The fraction of sp³-hybridized carbons (Fsp3) is 0.636. The molecule has 1 amide bonds. The van der Waals surface area contributed by atoms with Crippen molar-refractivity contribution in [2.45, 2.75) is 60.3 Å². The number of carbonyl (C=O) groups is 1. The van der Waals surface area contributed by atoms with Gasteiger partial charge in [0.15, 0.2) is 5.96 Å². The Balaban J connectivity index is 0.00000784. The minimum atomic E-state index is -0.160. The number of hydrogen-bond acceptors (Lipinski definition) is 3. The van der Waals surface area contributed by atoms with E-state index in [1.807, 2.05) is 43.7 Å². The summed E-state index contributed by atoms with van der Waals surface area (Å²) in [6.45, 7) is 15.8. The molecule has 0 unspecified atom stereocenters. The first kappa shape index (κ1) is 27.6. The molecule has 0 aliphatic carbocycles. The summed E-state index contributed by atoms with van der Waals surface area (Å²) in [5.41, 5.74) is 2.10. The Bertz CT molecular complexity index is 640. The number of aliphatic imine (C=N–C) groups is 1. The van der Waals surface area contributed by atoms with Crippen molar-refractivity contribution in [3.05, 3.63) is 35.4 Å². The summed E-state index contributed by atoms with van der Waals surface area (Å²) in [4.78, 5) is 20.8. The number of hydrogen-bond donors (Lipinski definition) is 1. The molecule has 0 aliphatic heterocycles. The molecule has 0 aliphatic rings. The van der Waals surface area contributed by atoms with E-state index in [0.717, 1.165) is 36.7 Å². The smallest absolute Gasteiger partial charge is 0.242 e. The van der Waals surface area contributed by atoms with Crippen LogP contribution < -0.4 is 5.32 Å². The topological polar surface area (TPSA) is 57.2 Å². The zero-order valence-corrected chi connectivity index (χ0v) is 21.4. The Morgan fingerprint density at radius 3 is 2.31 bits per heavy atom. The van der Waals surface area contributed by atoms with Gasteiger partial charge in [-0.05, 0) is 52.7 Å². The predicted molar refractivity (Wildman–Crippen MR) is 132 cm³/mol. The average molecular weight is 518 g/mol. The highest BCUT2D eigenvalue weighted by atomic mass is 127. The maximum Gasteiger partial charge on any atom is 0.242 e. The van der Waals surface area contributed by atoms with Crippen LogP contribution in [0.4, 0.5) is 0 Å². The number of ether oxygens (including phenoxy) is 1. The molecule has 0 radical (unpaired) electrons. The van der Waals surface area contributed by atoms with Crippen molar-refractivity contribution in [2.24, 2.45) is 4.99 Å². The molecule has 6 nitrogen and oxygen atoms in total. The first-order valence-electron chi connectivity index (χ1n) is 10.2. The Kier molecular flexibility index (Phi) is 13.2. The average Bonchev–Trinajstić information content (AvgIpc) is 2.64. The second-order valence-corrected chi connectivity index (χ2v) is 7.81. The van der Waals surface area contributed by atoms with Crippen molar-refractivity contribution in [3.8, 4) is 0 Å². The molecule has 1 aromatic rings. The Hall–Kier alpha value is -1.35. The third kappa shape index (κ3) is 10.8. The summed E-state index contributed by atoms with van der Waals surface area (Å²) in [5, 5.41) is 3.27. The molecule has 7 heteroatoms. The van der Waals surface area contributed by atoms with Gasteiger partial charge >= 0.3 is 0 Å². The lowest BCUT2D eigenvalue weighted by atomic mass is 10.1. The second-order valence-electron chi connectivity index (χ2n) is 7.81. The molecule has 0 spiro atoms. The molecule has 1 N–H and O–H groups in total. The molecule has 0 aromatic heterocycles. The van der Waals surface area contributed by atoms with Crippen LogP contribution in [-0.4, -0.2) is 60.5 Å². The van der Waals surface area contributed by atoms with Gasteiger partial charge in [-0.3, -0.25) is 4.79 Å². The van der Waals surface area contributed by atoms with Gasteiger partial charge < -0.3 is 19.9 Å². The van der Waals surface area contributed by atoms with Crippen LogP contribution in [-0.2, 0) is 22.7 Å². The van der Waals surface area contributed by atoms with E-state index in [1.54, 1.807) is 0 Å². The highest BCUT2D eigenvalue weighted by Gasteiger charge is 2.15. The van der Waals surface area contributed by atoms with Gasteiger partial charge in [-0.25, -0.2) is 4.99 Å². The predicted octanol–water partition coefficient (Wildman–Crippen LogP) is 3.89. The lowest BCUT2D eigenvalue weighted by Crippen LogP contribution is -2.45. The summed E-state index contributed by atoms with van der Waals surface area (Å²) in [7, 11) is 1.90. The van der Waals surface area contributed by atoms with Crippen LogP contribution >= 0.6 is 24.0 Å². The van der Waals surface area contributed by atoms with Crippen LogP contribution in [0.3, 0.4) is 0 Å². The van der Waals surface area contributed by atoms with Crippen molar-refractivity contribution in [1.29, 1.82) is 0 Å². The molecule has 29 heavy (non-hydrogen) atoms. The minimum Gasteiger partial charge on any atom is -0.371 e.